The fourth-order valence-electron chi connectivity index (χ4n) is 1.78. The Bertz CT molecular complexity index is 605. The molecular weight excluding hydrogens is 244 g/mol. The molecule has 0 bridgehead atoms. The number of ether oxygens (including phenoxy) is 2. The van der Waals surface area contributed by atoms with E-state index in [0.29, 0.717) is 17.1 Å². The van der Waals surface area contributed by atoms with Gasteiger partial charge in [0, 0.05) is 18.7 Å². The van der Waals surface area contributed by atoms with Crippen LogP contribution in [0.2, 0.25) is 0 Å². The molecule has 1 aromatic heterocycles. The Morgan fingerprint density at radius 2 is 2.11 bits per heavy atom. The first-order valence-electron chi connectivity index (χ1n) is 5.15. The van der Waals surface area contributed by atoms with E-state index in [-0.39, 0.29) is 11.5 Å². The molecule has 1 aliphatic rings. The van der Waals surface area contributed by atoms with Gasteiger partial charge in [-0.05, 0) is 12.1 Å². The van der Waals surface area contributed by atoms with Gasteiger partial charge in [0.05, 0.1) is 5.69 Å². The van der Waals surface area contributed by atoms with Crippen LogP contribution < -0.4 is 15.2 Å². The minimum Gasteiger partial charge on any atom is -0.395 e. The summed E-state index contributed by atoms with van der Waals surface area (Å²) in [4.78, 5) is 0. The predicted octanol–water partition coefficient (Wildman–Crippen LogP) is 1.99. The third-order valence-electron chi connectivity index (χ3n) is 2.62. The molecule has 7 heteroatoms. The highest BCUT2D eigenvalue weighted by molar-refractivity contribution is 5.73. The lowest BCUT2D eigenvalue weighted by Gasteiger charge is -2.05. The Balaban J connectivity index is 2.13. The lowest BCUT2D eigenvalue weighted by atomic mass is 10.1. The third kappa shape index (κ3) is 1.55. The van der Waals surface area contributed by atoms with Crippen LogP contribution >= 0.6 is 0 Å². The lowest BCUT2D eigenvalue weighted by Crippen LogP contribution is -2.26. The number of rotatable bonds is 1. The van der Waals surface area contributed by atoms with Crippen LogP contribution in [0.3, 0.4) is 0 Å². The Kier molecular flexibility index (Phi) is 2.01. The second-order valence-electron chi connectivity index (χ2n) is 3.88. The smallest absolute Gasteiger partial charge is 0.395 e. The summed E-state index contributed by atoms with van der Waals surface area (Å²) in [5.41, 5.74) is 6.52. The molecule has 2 heterocycles. The first-order valence-corrected chi connectivity index (χ1v) is 5.15. The van der Waals surface area contributed by atoms with Gasteiger partial charge >= 0.3 is 6.29 Å². The number of nitrogens with two attached hydrogens (primary N) is 1. The van der Waals surface area contributed by atoms with Crippen LogP contribution in [0.25, 0.3) is 11.3 Å². The van der Waals surface area contributed by atoms with E-state index in [0.717, 1.165) is 0 Å². The van der Waals surface area contributed by atoms with Crippen LogP contribution in [0.4, 0.5) is 14.6 Å². The van der Waals surface area contributed by atoms with Gasteiger partial charge in [-0.2, -0.15) is 5.10 Å². The second kappa shape index (κ2) is 3.34. The molecule has 0 amide bonds. The molecule has 94 valence electrons. The number of benzene rings is 1. The zero-order chi connectivity index (χ0) is 12.9. The zero-order valence-electron chi connectivity index (χ0n) is 9.35. The first-order chi connectivity index (χ1) is 8.46. The summed E-state index contributed by atoms with van der Waals surface area (Å²) in [7, 11) is 1.66. The van der Waals surface area contributed by atoms with Crippen molar-refractivity contribution >= 4 is 5.82 Å². The van der Waals surface area contributed by atoms with E-state index in [1.165, 1.54) is 10.7 Å². The quantitative estimate of drug-likeness (QED) is 0.844. The van der Waals surface area contributed by atoms with Crippen molar-refractivity contribution in [2.75, 3.05) is 5.73 Å². The van der Waals surface area contributed by atoms with Crippen molar-refractivity contribution in [2.24, 2.45) is 7.05 Å². The Morgan fingerprint density at radius 1 is 1.33 bits per heavy atom. The molecule has 18 heavy (non-hydrogen) atoms. The van der Waals surface area contributed by atoms with Crippen molar-refractivity contribution in [3.05, 3.63) is 24.3 Å². The summed E-state index contributed by atoms with van der Waals surface area (Å²) >= 11 is 0. The average Bonchev–Trinajstić information content (AvgIpc) is 2.77. The van der Waals surface area contributed by atoms with Crippen molar-refractivity contribution in [3.8, 4) is 22.8 Å². The molecule has 2 N–H and O–H groups in total. The second-order valence-corrected chi connectivity index (χ2v) is 3.88. The minimum atomic E-state index is -3.64. The average molecular weight is 253 g/mol. The van der Waals surface area contributed by atoms with E-state index in [1.807, 2.05) is 0 Å². The maximum atomic E-state index is 13.0. The van der Waals surface area contributed by atoms with E-state index in [4.69, 9.17) is 5.73 Å². The number of anilines is 1. The summed E-state index contributed by atoms with van der Waals surface area (Å²) in [6.07, 6.45) is -3.64. The van der Waals surface area contributed by atoms with Gasteiger partial charge in [-0.15, -0.1) is 8.78 Å². The summed E-state index contributed by atoms with van der Waals surface area (Å²) in [5, 5.41) is 4.12. The number of alkyl halides is 2. The summed E-state index contributed by atoms with van der Waals surface area (Å²) in [6, 6.07) is 6.19. The minimum absolute atomic E-state index is 0.0123. The van der Waals surface area contributed by atoms with Gasteiger partial charge in [0.25, 0.3) is 0 Å². The Morgan fingerprint density at radius 3 is 2.78 bits per heavy atom. The molecular formula is C11H9F2N3O2. The predicted molar refractivity (Wildman–Crippen MR) is 59.3 cm³/mol. The third-order valence-corrected chi connectivity index (χ3v) is 2.62. The van der Waals surface area contributed by atoms with Crippen LogP contribution in [-0.4, -0.2) is 16.1 Å². The zero-order valence-corrected chi connectivity index (χ0v) is 9.35. The van der Waals surface area contributed by atoms with Crippen molar-refractivity contribution < 1.29 is 18.3 Å². The maximum Gasteiger partial charge on any atom is 0.586 e. The molecule has 1 aliphatic heterocycles. The van der Waals surface area contributed by atoms with Gasteiger partial charge in [-0.1, -0.05) is 6.07 Å². The van der Waals surface area contributed by atoms with Gasteiger partial charge < -0.3 is 15.2 Å². The van der Waals surface area contributed by atoms with Gasteiger partial charge in [0.1, 0.15) is 5.82 Å². The van der Waals surface area contributed by atoms with E-state index in [9.17, 15) is 8.78 Å². The molecule has 0 atom stereocenters. The first kappa shape index (κ1) is 10.8. The lowest BCUT2D eigenvalue weighted by molar-refractivity contribution is -0.286. The number of aromatic nitrogens is 2. The molecule has 0 aliphatic carbocycles. The molecule has 0 unspecified atom stereocenters. The highest BCUT2D eigenvalue weighted by Crippen LogP contribution is 2.46. The fourth-order valence-corrected chi connectivity index (χ4v) is 1.78. The molecule has 5 nitrogen and oxygen atoms in total. The normalized spacial score (nSPS) is 15.9. The Hall–Kier alpha value is -2.31. The van der Waals surface area contributed by atoms with Crippen LogP contribution in [-0.2, 0) is 7.05 Å². The summed E-state index contributed by atoms with van der Waals surface area (Å²) in [6.45, 7) is 0. The number of halogens is 2. The number of nitrogens with zero attached hydrogens (tertiary/aromatic N) is 2. The van der Waals surface area contributed by atoms with E-state index < -0.39 is 6.29 Å². The highest BCUT2D eigenvalue weighted by Gasteiger charge is 2.44. The van der Waals surface area contributed by atoms with Gasteiger partial charge in [0.15, 0.2) is 11.5 Å². The van der Waals surface area contributed by atoms with Gasteiger partial charge in [-0.3, -0.25) is 4.68 Å². The van der Waals surface area contributed by atoms with Gasteiger partial charge in [-0.25, -0.2) is 0 Å². The molecule has 0 fully saturated rings. The summed E-state index contributed by atoms with van der Waals surface area (Å²) < 4.78 is 36.3. The molecule has 0 radical (unpaired) electrons. The van der Waals surface area contributed by atoms with Crippen LogP contribution in [0.1, 0.15) is 0 Å². The van der Waals surface area contributed by atoms with E-state index in [1.54, 1.807) is 25.2 Å². The monoisotopic (exact) mass is 253 g/mol. The van der Waals surface area contributed by atoms with Crippen molar-refractivity contribution in [2.45, 2.75) is 6.29 Å². The largest absolute Gasteiger partial charge is 0.586 e. The summed E-state index contributed by atoms with van der Waals surface area (Å²) in [5.74, 6) is 0.385. The SMILES string of the molecule is Cn1nc(-c2cccc3c2OC(F)(F)O3)cc1N. The van der Waals surface area contributed by atoms with Gasteiger partial charge in [0.2, 0.25) is 0 Å². The van der Waals surface area contributed by atoms with Crippen molar-refractivity contribution in [1.82, 2.24) is 9.78 Å². The number of fused-ring (bicyclic) bond motifs is 1. The fraction of sp³-hybridized carbons (Fsp3) is 0.182. The Labute approximate surface area is 101 Å². The highest BCUT2D eigenvalue weighted by atomic mass is 19.3. The topological polar surface area (TPSA) is 62.3 Å². The maximum absolute atomic E-state index is 13.0. The standard InChI is InChI=1S/C11H9F2N3O2/c1-16-9(14)5-7(15-16)6-3-2-4-8-10(6)18-11(12,13)17-8/h2-5H,14H2,1H3. The molecule has 0 saturated heterocycles. The number of nitrogen functional groups attached to an aromatic ring is 1. The number of hydrogen-bond acceptors (Lipinski definition) is 4. The van der Waals surface area contributed by atoms with Crippen molar-refractivity contribution in [1.29, 1.82) is 0 Å². The van der Waals surface area contributed by atoms with E-state index in [2.05, 4.69) is 14.6 Å². The van der Waals surface area contributed by atoms with Crippen LogP contribution in [0.5, 0.6) is 11.5 Å². The number of aryl methyl sites for hydroxylation is 1. The number of hydrogen-bond donors (Lipinski definition) is 1. The van der Waals surface area contributed by atoms with Crippen LogP contribution in [0.15, 0.2) is 24.3 Å². The molecule has 0 spiro atoms. The molecule has 2 aromatic rings. The van der Waals surface area contributed by atoms with Crippen LogP contribution in [0, 0.1) is 0 Å². The molecule has 3 rings (SSSR count). The number of para-hydroxylation sites is 1. The molecule has 0 saturated carbocycles. The van der Waals surface area contributed by atoms with E-state index >= 15 is 0 Å². The van der Waals surface area contributed by atoms with Crippen molar-refractivity contribution in [3.63, 3.8) is 0 Å². The molecule has 1 aromatic carbocycles.